The molecule has 1 amide bonds. The molecule has 0 unspecified atom stereocenters. The minimum atomic E-state index is -0.312. The number of anilines is 1. The monoisotopic (exact) mass is 366 g/mol. The number of hydrogen-bond acceptors (Lipinski definition) is 5. The molecule has 4 rings (SSSR count). The predicted molar refractivity (Wildman–Crippen MR) is 98.9 cm³/mol. The van der Waals surface area contributed by atoms with E-state index in [1.54, 1.807) is 24.4 Å². The lowest BCUT2D eigenvalue weighted by Gasteiger charge is -2.27. The average molecular weight is 366 g/mol. The molecule has 1 aliphatic rings. The SMILES string of the molecule is CCNC(=O)c1ccnc(N2CCc3onc(-c4cccc(F)c4)c3C2)c1. The zero-order chi connectivity index (χ0) is 18.8. The van der Waals surface area contributed by atoms with Gasteiger partial charge in [-0.2, -0.15) is 0 Å². The lowest BCUT2D eigenvalue weighted by molar-refractivity contribution is 0.0955. The molecule has 0 fully saturated rings. The number of aromatic nitrogens is 2. The second-order valence-corrected chi connectivity index (χ2v) is 6.38. The molecule has 0 saturated heterocycles. The van der Waals surface area contributed by atoms with Crippen LogP contribution >= 0.6 is 0 Å². The Hall–Kier alpha value is -3.22. The molecule has 0 atom stereocenters. The molecule has 2 aromatic heterocycles. The van der Waals surface area contributed by atoms with Gasteiger partial charge in [-0.1, -0.05) is 17.3 Å². The van der Waals surface area contributed by atoms with Crippen molar-refractivity contribution in [1.29, 1.82) is 0 Å². The molecule has 27 heavy (non-hydrogen) atoms. The van der Waals surface area contributed by atoms with Gasteiger partial charge >= 0.3 is 0 Å². The van der Waals surface area contributed by atoms with Gasteiger partial charge in [0.2, 0.25) is 0 Å². The Bertz CT molecular complexity index is 986. The Balaban J connectivity index is 1.63. The van der Waals surface area contributed by atoms with Gasteiger partial charge in [0.05, 0.1) is 6.54 Å². The van der Waals surface area contributed by atoms with E-state index in [2.05, 4.69) is 20.4 Å². The van der Waals surface area contributed by atoms with Gasteiger partial charge in [0.15, 0.2) is 0 Å². The topological polar surface area (TPSA) is 71.3 Å². The van der Waals surface area contributed by atoms with Crippen LogP contribution < -0.4 is 10.2 Å². The minimum absolute atomic E-state index is 0.121. The van der Waals surface area contributed by atoms with E-state index in [0.29, 0.717) is 42.9 Å². The molecule has 6 nitrogen and oxygen atoms in total. The van der Waals surface area contributed by atoms with Crippen LogP contribution in [0.1, 0.15) is 28.6 Å². The Morgan fingerprint density at radius 3 is 3.04 bits per heavy atom. The zero-order valence-corrected chi connectivity index (χ0v) is 14.9. The van der Waals surface area contributed by atoms with Crippen LogP contribution in [0.3, 0.4) is 0 Å². The van der Waals surface area contributed by atoms with E-state index in [0.717, 1.165) is 17.1 Å². The average Bonchev–Trinajstić information content (AvgIpc) is 3.11. The van der Waals surface area contributed by atoms with Gasteiger partial charge in [-0.3, -0.25) is 4.79 Å². The van der Waals surface area contributed by atoms with Crippen molar-refractivity contribution in [2.24, 2.45) is 0 Å². The first-order chi connectivity index (χ1) is 13.2. The molecule has 1 N–H and O–H groups in total. The quantitative estimate of drug-likeness (QED) is 0.768. The third-order valence-electron chi connectivity index (χ3n) is 4.59. The van der Waals surface area contributed by atoms with Gasteiger partial charge in [-0.25, -0.2) is 9.37 Å². The number of hydrogen-bond donors (Lipinski definition) is 1. The second-order valence-electron chi connectivity index (χ2n) is 6.38. The molecule has 7 heteroatoms. The van der Waals surface area contributed by atoms with Gasteiger partial charge in [0.1, 0.15) is 23.1 Å². The highest BCUT2D eigenvalue weighted by Crippen LogP contribution is 2.31. The maximum absolute atomic E-state index is 13.6. The highest BCUT2D eigenvalue weighted by atomic mass is 19.1. The van der Waals surface area contributed by atoms with Crippen LogP contribution in [-0.2, 0) is 13.0 Å². The number of benzene rings is 1. The van der Waals surface area contributed by atoms with Crippen molar-refractivity contribution in [1.82, 2.24) is 15.5 Å². The molecule has 138 valence electrons. The van der Waals surface area contributed by atoms with E-state index >= 15 is 0 Å². The molecule has 0 bridgehead atoms. The van der Waals surface area contributed by atoms with E-state index in [1.807, 2.05) is 13.0 Å². The Morgan fingerprint density at radius 2 is 2.22 bits per heavy atom. The first-order valence-electron chi connectivity index (χ1n) is 8.88. The molecule has 0 spiro atoms. The number of pyridine rings is 1. The van der Waals surface area contributed by atoms with Crippen LogP contribution in [0.4, 0.5) is 10.2 Å². The van der Waals surface area contributed by atoms with Gasteiger partial charge in [-0.05, 0) is 31.2 Å². The van der Waals surface area contributed by atoms with Gasteiger partial charge in [0.25, 0.3) is 5.91 Å². The summed E-state index contributed by atoms with van der Waals surface area (Å²) in [5.41, 5.74) is 2.83. The highest BCUT2D eigenvalue weighted by Gasteiger charge is 2.26. The maximum atomic E-state index is 13.6. The standard InChI is InChI=1S/C20H19FN4O2/c1-2-22-20(26)14-6-8-23-18(11-14)25-9-7-17-16(12-25)19(24-27-17)13-4-3-5-15(21)10-13/h3-6,8,10-11H,2,7,9,12H2,1H3,(H,22,26). The molecule has 0 aliphatic carbocycles. The van der Waals surface area contributed by atoms with Crippen molar-refractivity contribution < 1.29 is 13.7 Å². The molecule has 1 aromatic carbocycles. The fraction of sp³-hybridized carbons (Fsp3) is 0.250. The first-order valence-corrected chi connectivity index (χ1v) is 8.88. The van der Waals surface area contributed by atoms with Crippen molar-refractivity contribution in [3.05, 3.63) is 65.3 Å². The van der Waals surface area contributed by atoms with Crippen LogP contribution in [0.2, 0.25) is 0 Å². The van der Waals surface area contributed by atoms with Crippen molar-refractivity contribution in [2.75, 3.05) is 18.0 Å². The summed E-state index contributed by atoms with van der Waals surface area (Å²) in [6, 6.07) is 9.80. The lowest BCUT2D eigenvalue weighted by Crippen LogP contribution is -2.31. The third-order valence-corrected chi connectivity index (χ3v) is 4.59. The minimum Gasteiger partial charge on any atom is -0.360 e. The summed E-state index contributed by atoms with van der Waals surface area (Å²) in [5.74, 6) is 1.10. The fourth-order valence-electron chi connectivity index (χ4n) is 3.26. The maximum Gasteiger partial charge on any atom is 0.251 e. The molecular weight excluding hydrogens is 347 g/mol. The van der Waals surface area contributed by atoms with E-state index in [4.69, 9.17) is 4.52 Å². The third kappa shape index (κ3) is 3.40. The number of fused-ring (bicyclic) bond motifs is 1. The smallest absolute Gasteiger partial charge is 0.251 e. The second kappa shape index (κ2) is 7.19. The van der Waals surface area contributed by atoms with E-state index in [1.165, 1.54) is 12.1 Å². The van der Waals surface area contributed by atoms with E-state index in [9.17, 15) is 9.18 Å². The van der Waals surface area contributed by atoms with Gasteiger partial charge in [0, 0.05) is 42.4 Å². The van der Waals surface area contributed by atoms with E-state index in [-0.39, 0.29) is 11.7 Å². The number of carbonyl (C=O) groups is 1. The number of amides is 1. The van der Waals surface area contributed by atoms with Gasteiger partial charge < -0.3 is 14.7 Å². The number of carbonyl (C=O) groups excluding carboxylic acids is 1. The molecule has 3 aromatic rings. The lowest BCUT2D eigenvalue weighted by atomic mass is 10.0. The summed E-state index contributed by atoms with van der Waals surface area (Å²) < 4.78 is 19.1. The normalized spacial score (nSPS) is 13.3. The first kappa shape index (κ1) is 17.2. The molecule has 0 radical (unpaired) electrons. The van der Waals surface area contributed by atoms with Crippen LogP contribution in [0.15, 0.2) is 47.1 Å². The Kier molecular flexibility index (Phi) is 4.58. The molecular formula is C20H19FN4O2. The summed E-state index contributed by atoms with van der Waals surface area (Å²) >= 11 is 0. The summed E-state index contributed by atoms with van der Waals surface area (Å²) in [5, 5.41) is 6.95. The summed E-state index contributed by atoms with van der Waals surface area (Å²) in [6.45, 7) is 3.69. The van der Waals surface area contributed by atoms with Crippen LogP contribution in [0.5, 0.6) is 0 Å². The summed E-state index contributed by atoms with van der Waals surface area (Å²) in [4.78, 5) is 18.6. The predicted octanol–water partition coefficient (Wildman–Crippen LogP) is 3.19. The molecule has 3 heterocycles. The Morgan fingerprint density at radius 1 is 1.33 bits per heavy atom. The van der Waals surface area contributed by atoms with Gasteiger partial charge in [-0.15, -0.1) is 0 Å². The Labute approximate surface area is 156 Å². The van der Waals surface area contributed by atoms with Crippen LogP contribution in [0.25, 0.3) is 11.3 Å². The van der Waals surface area contributed by atoms with Crippen molar-refractivity contribution >= 4 is 11.7 Å². The number of nitrogens with zero attached hydrogens (tertiary/aromatic N) is 3. The van der Waals surface area contributed by atoms with Crippen molar-refractivity contribution in [3.8, 4) is 11.3 Å². The van der Waals surface area contributed by atoms with Crippen molar-refractivity contribution in [3.63, 3.8) is 0 Å². The number of rotatable bonds is 4. The largest absolute Gasteiger partial charge is 0.360 e. The fourth-order valence-corrected chi connectivity index (χ4v) is 3.26. The molecule has 1 aliphatic heterocycles. The summed E-state index contributed by atoms with van der Waals surface area (Å²) in [7, 11) is 0. The molecule has 0 saturated carbocycles. The van der Waals surface area contributed by atoms with Crippen LogP contribution in [-0.4, -0.2) is 29.1 Å². The van der Waals surface area contributed by atoms with Crippen molar-refractivity contribution in [2.45, 2.75) is 19.9 Å². The zero-order valence-electron chi connectivity index (χ0n) is 14.9. The van der Waals surface area contributed by atoms with Crippen LogP contribution in [0, 0.1) is 5.82 Å². The number of nitrogens with one attached hydrogen (secondary N) is 1. The summed E-state index contributed by atoms with van der Waals surface area (Å²) in [6.07, 6.45) is 2.31. The number of halogens is 1. The van der Waals surface area contributed by atoms with E-state index < -0.39 is 0 Å². The highest BCUT2D eigenvalue weighted by molar-refractivity contribution is 5.94.